The summed E-state index contributed by atoms with van der Waals surface area (Å²) in [6.45, 7) is 1.53. The van der Waals surface area contributed by atoms with Crippen LogP contribution in [0.3, 0.4) is 0 Å². The maximum absolute atomic E-state index is 9.40. The number of phenolic OH excluding ortho intramolecular Hbond substituents is 3. The molecule has 0 aliphatic rings. The molecule has 0 aromatic heterocycles. The van der Waals surface area contributed by atoms with E-state index >= 15 is 0 Å². The molecule has 0 unspecified atom stereocenters. The van der Waals surface area contributed by atoms with Crippen LogP contribution in [0.4, 0.5) is 0 Å². The topological polar surface area (TPSA) is 98.7 Å². The van der Waals surface area contributed by atoms with Gasteiger partial charge in [-0.15, -0.1) is 0 Å². The number of hydrogen-bond acceptors (Lipinski definition) is 5. The zero-order valence-corrected chi connectivity index (χ0v) is 7.70. The number of hydrogen-bond donors (Lipinski definition) is 5. The summed E-state index contributed by atoms with van der Waals surface area (Å²) >= 11 is 0. The van der Waals surface area contributed by atoms with E-state index in [1.165, 1.54) is 12.1 Å². The molecule has 0 fully saturated rings. The Hall–Kier alpha value is -1.46. The maximum atomic E-state index is 9.40. The highest BCUT2D eigenvalue weighted by Crippen LogP contribution is 2.36. The molecule has 0 amide bonds. The quantitative estimate of drug-likeness (QED) is 0.342. The molecular weight excluding hydrogens is 184 g/mol. The van der Waals surface area contributed by atoms with Gasteiger partial charge in [-0.3, -0.25) is 0 Å². The summed E-state index contributed by atoms with van der Waals surface area (Å²) in [5.74, 6) is -1.11. The van der Waals surface area contributed by atoms with Gasteiger partial charge in [-0.05, 0) is 6.07 Å². The molecule has 1 rings (SSSR count). The zero-order chi connectivity index (χ0) is 10.6. The van der Waals surface area contributed by atoms with Gasteiger partial charge in [0.15, 0.2) is 11.5 Å². The second-order valence-electron chi connectivity index (χ2n) is 2.91. The molecular formula is C9H14N2O3. The number of phenols is 3. The van der Waals surface area contributed by atoms with E-state index in [1.807, 2.05) is 0 Å². The fraction of sp³-hybridized carbons (Fsp3) is 0.333. The highest BCUT2D eigenvalue weighted by molar-refractivity contribution is 5.52. The lowest BCUT2D eigenvalue weighted by molar-refractivity contribution is 0.364. The third-order valence-electron chi connectivity index (χ3n) is 1.85. The third-order valence-corrected chi connectivity index (χ3v) is 1.85. The second-order valence-corrected chi connectivity index (χ2v) is 2.91. The Morgan fingerprint density at radius 1 is 1.14 bits per heavy atom. The van der Waals surface area contributed by atoms with E-state index in [9.17, 15) is 10.2 Å². The van der Waals surface area contributed by atoms with E-state index in [0.717, 1.165) is 0 Å². The van der Waals surface area contributed by atoms with Gasteiger partial charge in [0.1, 0.15) is 0 Å². The van der Waals surface area contributed by atoms with Crippen molar-refractivity contribution in [1.82, 2.24) is 5.32 Å². The maximum Gasteiger partial charge on any atom is 0.200 e. The molecule has 78 valence electrons. The first kappa shape index (κ1) is 10.6. The summed E-state index contributed by atoms with van der Waals surface area (Å²) in [5, 5.41) is 30.6. The fourth-order valence-electron chi connectivity index (χ4n) is 1.08. The Labute approximate surface area is 81.8 Å². The van der Waals surface area contributed by atoms with E-state index in [0.29, 0.717) is 25.2 Å². The van der Waals surface area contributed by atoms with Crippen molar-refractivity contribution in [3.05, 3.63) is 17.7 Å². The van der Waals surface area contributed by atoms with Crippen LogP contribution < -0.4 is 11.1 Å². The Bertz CT molecular complexity index is 315. The molecule has 0 radical (unpaired) electrons. The molecule has 0 aliphatic carbocycles. The zero-order valence-electron chi connectivity index (χ0n) is 7.70. The van der Waals surface area contributed by atoms with Gasteiger partial charge in [0, 0.05) is 25.2 Å². The summed E-state index contributed by atoms with van der Waals surface area (Å²) in [4.78, 5) is 0. The molecule has 0 saturated heterocycles. The van der Waals surface area contributed by atoms with E-state index in [1.54, 1.807) is 0 Å². The summed E-state index contributed by atoms with van der Waals surface area (Å²) in [7, 11) is 0. The first-order valence-corrected chi connectivity index (χ1v) is 4.30. The van der Waals surface area contributed by atoms with Crippen LogP contribution in [-0.2, 0) is 6.54 Å². The lowest BCUT2D eigenvalue weighted by Gasteiger charge is -2.07. The number of benzene rings is 1. The van der Waals surface area contributed by atoms with Crippen molar-refractivity contribution >= 4 is 0 Å². The molecule has 0 heterocycles. The van der Waals surface area contributed by atoms with Crippen LogP contribution in [0.15, 0.2) is 12.1 Å². The molecule has 0 aliphatic heterocycles. The molecule has 6 N–H and O–H groups in total. The highest BCUT2D eigenvalue weighted by Gasteiger charge is 2.09. The van der Waals surface area contributed by atoms with Crippen molar-refractivity contribution in [2.24, 2.45) is 5.73 Å². The Morgan fingerprint density at radius 2 is 1.86 bits per heavy atom. The summed E-state index contributed by atoms with van der Waals surface area (Å²) in [5.41, 5.74) is 5.79. The summed E-state index contributed by atoms with van der Waals surface area (Å²) in [6.07, 6.45) is 0. The SMILES string of the molecule is NCCNCc1ccc(O)c(O)c1O. The van der Waals surface area contributed by atoms with Gasteiger partial charge in [-0.25, -0.2) is 0 Å². The van der Waals surface area contributed by atoms with Gasteiger partial charge in [0.05, 0.1) is 0 Å². The van der Waals surface area contributed by atoms with E-state index in [2.05, 4.69) is 5.32 Å². The molecule has 0 saturated carbocycles. The van der Waals surface area contributed by atoms with Crippen molar-refractivity contribution in [3.8, 4) is 17.2 Å². The lowest BCUT2D eigenvalue weighted by atomic mass is 10.1. The van der Waals surface area contributed by atoms with Crippen LogP contribution in [0.5, 0.6) is 17.2 Å². The smallest absolute Gasteiger partial charge is 0.200 e. The minimum Gasteiger partial charge on any atom is -0.504 e. The second kappa shape index (κ2) is 4.69. The average molecular weight is 198 g/mol. The standard InChI is InChI=1S/C9H14N2O3/c10-3-4-11-5-6-1-2-7(12)9(14)8(6)13/h1-2,11-14H,3-5,10H2. The molecule has 1 aromatic rings. The van der Waals surface area contributed by atoms with Crippen molar-refractivity contribution < 1.29 is 15.3 Å². The molecule has 5 heteroatoms. The minimum absolute atomic E-state index is 0.297. The van der Waals surface area contributed by atoms with Crippen LogP contribution in [0.25, 0.3) is 0 Å². The van der Waals surface area contributed by atoms with Crippen molar-refractivity contribution in [3.63, 3.8) is 0 Å². The number of nitrogens with one attached hydrogen (secondary N) is 1. The van der Waals surface area contributed by atoms with E-state index < -0.39 is 5.75 Å². The van der Waals surface area contributed by atoms with Gasteiger partial charge >= 0.3 is 0 Å². The number of rotatable bonds is 4. The van der Waals surface area contributed by atoms with Gasteiger partial charge in [0.2, 0.25) is 5.75 Å². The number of nitrogens with two attached hydrogens (primary N) is 1. The molecule has 0 spiro atoms. The molecule has 5 nitrogen and oxygen atoms in total. The highest BCUT2D eigenvalue weighted by atomic mass is 16.3. The first-order chi connectivity index (χ1) is 6.66. The Morgan fingerprint density at radius 3 is 2.50 bits per heavy atom. The molecule has 14 heavy (non-hydrogen) atoms. The van der Waals surface area contributed by atoms with Gasteiger partial charge in [-0.1, -0.05) is 6.07 Å². The lowest BCUT2D eigenvalue weighted by Crippen LogP contribution is -2.21. The van der Waals surface area contributed by atoms with Crippen LogP contribution in [0.1, 0.15) is 5.56 Å². The van der Waals surface area contributed by atoms with Crippen molar-refractivity contribution in [2.45, 2.75) is 6.54 Å². The average Bonchev–Trinajstić information content (AvgIpc) is 2.18. The van der Waals surface area contributed by atoms with Gasteiger partial charge in [-0.2, -0.15) is 0 Å². The summed E-state index contributed by atoms with van der Waals surface area (Å²) < 4.78 is 0. The molecule has 0 bridgehead atoms. The summed E-state index contributed by atoms with van der Waals surface area (Å²) in [6, 6.07) is 2.86. The van der Waals surface area contributed by atoms with Crippen LogP contribution >= 0.6 is 0 Å². The van der Waals surface area contributed by atoms with Gasteiger partial charge < -0.3 is 26.4 Å². The van der Waals surface area contributed by atoms with Crippen LogP contribution in [0.2, 0.25) is 0 Å². The predicted octanol–water partition coefficient (Wildman–Crippen LogP) is -0.148. The van der Waals surface area contributed by atoms with Crippen LogP contribution in [-0.4, -0.2) is 28.4 Å². The van der Waals surface area contributed by atoms with Gasteiger partial charge in [0.25, 0.3) is 0 Å². The van der Waals surface area contributed by atoms with Crippen molar-refractivity contribution in [2.75, 3.05) is 13.1 Å². The normalized spacial score (nSPS) is 10.4. The molecule has 1 aromatic carbocycles. The first-order valence-electron chi connectivity index (χ1n) is 4.30. The Kier molecular flexibility index (Phi) is 3.55. The van der Waals surface area contributed by atoms with Crippen LogP contribution in [0, 0.1) is 0 Å². The van der Waals surface area contributed by atoms with Crippen molar-refractivity contribution in [1.29, 1.82) is 0 Å². The Balaban J connectivity index is 2.73. The third kappa shape index (κ3) is 2.27. The largest absolute Gasteiger partial charge is 0.504 e. The fourth-order valence-corrected chi connectivity index (χ4v) is 1.08. The van der Waals surface area contributed by atoms with E-state index in [-0.39, 0.29) is 11.5 Å². The van der Waals surface area contributed by atoms with E-state index in [4.69, 9.17) is 10.8 Å². The molecule has 0 atom stereocenters. The number of aromatic hydroxyl groups is 3. The monoisotopic (exact) mass is 198 g/mol. The predicted molar refractivity (Wildman–Crippen MR) is 52.2 cm³/mol. The minimum atomic E-state index is -0.489.